The number of likely N-dealkylation sites (tertiary alicyclic amines) is 2. The van der Waals surface area contributed by atoms with E-state index in [9.17, 15) is 19.2 Å². The van der Waals surface area contributed by atoms with Crippen molar-refractivity contribution < 1.29 is 19.2 Å². The van der Waals surface area contributed by atoms with Crippen LogP contribution in [0.15, 0.2) is 42.5 Å². The van der Waals surface area contributed by atoms with E-state index >= 15 is 0 Å². The van der Waals surface area contributed by atoms with Gasteiger partial charge in [-0.15, -0.1) is 11.8 Å². The van der Waals surface area contributed by atoms with Gasteiger partial charge < -0.3 is 21.3 Å². The van der Waals surface area contributed by atoms with Crippen molar-refractivity contribution in [3.63, 3.8) is 0 Å². The molecule has 4 atom stereocenters. The van der Waals surface area contributed by atoms with Crippen LogP contribution in [0.5, 0.6) is 0 Å². The predicted molar refractivity (Wildman–Crippen MR) is 184 cm³/mol. The van der Waals surface area contributed by atoms with Crippen LogP contribution in [-0.4, -0.2) is 81.8 Å². The highest BCUT2D eigenvalue weighted by Crippen LogP contribution is 2.31. The largest absolute Gasteiger partial charge is 0.370 e. The first-order valence-corrected chi connectivity index (χ1v) is 18.2. The van der Waals surface area contributed by atoms with Crippen molar-refractivity contribution in [2.45, 2.75) is 113 Å². The number of piperidine rings is 1. The maximum Gasteiger partial charge on any atom is 0.251 e. The van der Waals surface area contributed by atoms with Gasteiger partial charge in [0.2, 0.25) is 17.7 Å². The van der Waals surface area contributed by atoms with Crippen LogP contribution in [0.3, 0.4) is 0 Å². The van der Waals surface area contributed by atoms with Gasteiger partial charge in [-0.2, -0.15) is 0 Å². The van der Waals surface area contributed by atoms with Crippen molar-refractivity contribution in [1.82, 2.24) is 20.4 Å². The lowest BCUT2D eigenvalue weighted by Gasteiger charge is -2.33. The summed E-state index contributed by atoms with van der Waals surface area (Å²) in [5, 5.41) is 7.91. The number of rotatable bonds is 12. The van der Waals surface area contributed by atoms with Crippen molar-refractivity contribution in [2.24, 2.45) is 11.7 Å². The summed E-state index contributed by atoms with van der Waals surface area (Å²) in [7, 11) is 0. The Bertz CT molecular complexity index is 1370. The topological polar surface area (TPSA) is 125 Å². The molecule has 10 heteroatoms. The number of fused-ring (bicyclic) bond motifs is 1. The fourth-order valence-electron chi connectivity index (χ4n) is 7.50. The molecule has 1 unspecified atom stereocenters. The highest BCUT2D eigenvalue weighted by molar-refractivity contribution is 8.00. The summed E-state index contributed by atoms with van der Waals surface area (Å²) in [6.07, 6.45) is 10.1. The van der Waals surface area contributed by atoms with Crippen LogP contribution in [0.2, 0.25) is 0 Å². The molecule has 3 fully saturated rings. The number of nitrogens with zero attached hydrogens (tertiary/aromatic N) is 2. The summed E-state index contributed by atoms with van der Waals surface area (Å²) >= 11 is 1.49. The Labute approximate surface area is 277 Å². The predicted octanol–water partition coefficient (Wildman–Crippen LogP) is 4.82. The lowest BCUT2D eigenvalue weighted by Crippen LogP contribution is -2.55. The number of carbonyl (C=O) groups is 4. The number of hydrogen-bond donors (Lipinski definition) is 3. The van der Waals surface area contributed by atoms with E-state index < -0.39 is 23.4 Å². The molecule has 1 saturated carbocycles. The molecule has 5 rings (SSSR count). The molecule has 2 aliphatic heterocycles. The molecular formula is C36H51N5O4S. The zero-order valence-electron chi connectivity index (χ0n) is 27.4. The van der Waals surface area contributed by atoms with Crippen LogP contribution in [0.25, 0.3) is 10.8 Å². The fourth-order valence-corrected chi connectivity index (χ4v) is 8.60. The summed E-state index contributed by atoms with van der Waals surface area (Å²) < 4.78 is 0. The molecule has 2 saturated heterocycles. The first-order chi connectivity index (χ1) is 22.2. The molecule has 250 valence electrons. The third-order valence-electron chi connectivity index (χ3n) is 9.81. The van der Waals surface area contributed by atoms with Gasteiger partial charge in [0.25, 0.3) is 5.91 Å². The Morgan fingerprint density at radius 2 is 1.61 bits per heavy atom. The Morgan fingerprint density at radius 1 is 0.913 bits per heavy atom. The molecule has 9 nitrogen and oxygen atoms in total. The van der Waals surface area contributed by atoms with E-state index in [4.69, 9.17) is 5.73 Å². The van der Waals surface area contributed by atoms with Crippen LogP contribution in [0, 0.1) is 5.92 Å². The van der Waals surface area contributed by atoms with Gasteiger partial charge in [-0.05, 0) is 67.6 Å². The number of benzene rings is 2. The Morgan fingerprint density at radius 3 is 2.30 bits per heavy atom. The molecule has 0 aromatic heterocycles. The monoisotopic (exact) mass is 649 g/mol. The lowest BCUT2D eigenvalue weighted by molar-refractivity contribution is -0.140. The van der Waals surface area contributed by atoms with Crippen molar-refractivity contribution >= 4 is 46.2 Å². The van der Waals surface area contributed by atoms with Crippen LogP contribution in [-0.2, 0) is 14.4 Å². The van der Waals surface area contributed by atoms with Gasteiger partial charge in [0.1, 0.15) is 12.1 Å². The van der Waals surface area contributed by atoms with Gasteiger partial charge in [-0.3, -0.25) is 24.1 Å². The van der Waals surface area contributed by atoms with Crippen molar-refractivity contribution in [3.05, 3.63) is 48.0 Å². The van der Waals surface area contributed by atoms with Crippen molar-refractivity contribution in [2.75, 3.05) is 19.6 Å². The van der Waals surface area contributed by atoms with Gasteiger partial charge in [-0.25, -0.2) is 0 Å². The summed E-state index contributed by atoms with van der Waals surface area (Å²) in [6.45, 7) is 6.38. The molecule has 4 amide bonds. The number of primary amides is 1. The molecular weight excluding hydrogens is 598 g/mol. The number of amides is 4. The number of nitrogens with two attached hydrogens (primary N) is 1. The standard InChI is InChI=1S/C36H51N5O4S/c1-24(2)46-33(22-32(37)42)39-35(44)31-21-29(40-17-9-4-10-18-40)23-41(31)36(45)30(19-25-11-5-3-6-12-25)38-34(43)28-16-15-26-13-7-8-14-27(26)20-28/h7-8,13-16,20,24-25,29-31,33H,3-6,9-12,17-19,21-23H2,1-2H3,(H2,37,42)(H,38,43)(H,39,44)/t29-,30-,31+,33?/m1/s1. The Kier molecular flexibility index (Phi) is 12.0. The third-order valence-corrected chi connectivity index (χ3v) is 11.0. The van der Waals surface area contributed by atoms with Crippen molar-refractivity contribution in [1.29, 1.82) is 0 Å². The van der Waals surface area contributed by atoms with E-state index in [0.29, 0.717) is 30.9 Å². The first kappa shape index (κ1) is 34.2. The van der Waals surface area contributed by atoms with Gasteiger partial charge in [0.15, 0.2) is 0 Å². The van der Waals surface area contributed by atoms with Crippen LogP contribution < -0.4 is 16.4 Å². The Balaban J connectivity index is 1.39. The fraction of sp³-hybridized carbons (Fsp3) is 0.611. The van der Waals surface area contributed by atoms with Gasteiger partial charge in [0, 0.05) is 23.4 Å². The minimum absolute atomic E-state index is 0.0247. The maximum absolute atomic E-state index is 14.6. The molecule has 46 heavy (non-hydrogen) atoms. The maximum atomic E-state index is 14.6. The quantitative estimate of drug-likeness (QED) is 0.283. The summed E-state index contributed by atoms with van der Waals surface area (Å²) in [5.41, 5.74) is 6.05. The molecule has 0 radical (unpaired) electrons. The van der Waals surface area contributed by atoms with E-state index in [0.717, 1.165) is 62.4 Å². The second-order valence-electron chi connectivity index (χ2n) is 13.7. The number of hydrogen-bond acceptors (Lipinski definition) is 6. The first-order valence-electron chi connectivity index (χ1n) is 17.3. The number of nitrogens with one attached hydrogen (secondary N) is 2. The second-order valence-corrected chi connectivity index (χ2v) is 15.5. The SMILES string of the molecule is CC(C)SC(CC(N)=O)NC(=O)[C@@H]1C[C@@H](N2CCCCC2)CN1C(=O)[C@@H](CC1CCCCC1)NC(=O)c1ccc2ccccc2c1. The van der Waals surface area contributed by atoms with E-state index in [2.05, 4.69) is 15.5 Å². The van der Waals surface area contributed by atoms with E-state index in [1.807, 2.05) is 56.3 Å². The molecule has 0 spiro atoms. The molecule has 1 aliphatic carbocycles. The molecule has 2 aromatic carbocycles. The van der Waals surface area contributed by atoms with Gasteiger partial charge in [-0.1, -0.05) is 82.7 Å². The molecule has 2 heterocycles. The van der Waals surface area contributed by atoms with Crippen LogP contribution in [0.4, 0.5) is 0 Å². The van der Waals surface area contributed by atoms with E-state index in [-0.39, 0.29) is 35.4 Å². The zero-order valence-corrected chi connectivity index (χ0v) is 28.2. The summed E-state index contributed by atoms with van der Waals surface area (Å²) in [5.74, 6) is -0.864. The molecule has 4 N–H and O–H groups in total. The Hall–Kier alpha value is -3.11. The molecule has 2 aromatic rings. The van der Waals surface area contributed by atoms with Crippen molar-refractivity contribution in [3.8, 4) is 0 Å². The minimum Gasteiger partial charge on any atom is -0.370 e. The molecule has 3 aliphatic rings. The lowest BCUT2D eigenvalue weighted by atomic mass is 9.84. The highest BCUT2D eigenvalue weighted by atomic mass is 32.2. The number of thioether (sulfide) groups is 1. The van der Waals surface area contributed by atoms with Gasteiger partial charge >= 0.3 is 0 Å². The van der Waals surface area contributed by atoms with Crippen LogP contribution in [0.1, 0.15) is 94.8 Å². The van der Waals surface area contributed by atoms with Crippen LogP contribution >= 0.6 is 11.8 Å². The normalized spacial score (nSPS) is 22.5. The zero-order chi connectivity index (χ0) is 32.6. The summed E-state index contributed by atoms with van der Waals surface area (Å²) in [6, 6.07) is 12.2. The highest BCUT2D eigenvalue weighted by Gasteiger charge is 2.44. The third kappa shape index (κ3) is 9.03. The minimum atomic E-state index is -0.732. The summed E-state index contributed by atoms with van der Waals surface area (Å²) in [4.78, 5) is 58.3. The van der Waals surface area contributed by atoms with E-state index in [1.54, 1.807) is 4.90 Å². The average molecular weight is 650 g/mol. The smallest absolute Gasteiger partial charge is 0.251 e. The molecule has 0 bridgehead atoms. The number of carbonyl (C=O) groups excluding carboxylic acids is 4. The second kappa shape index (κ2) is 16.1. The van der Waals surface area contributed by atoms with E-state index in [1.165, 1.54) is 24.6 Å². The van der Waals surface area contributed by atoms with Gasteiger partial charge in [0.05, 0.1) is 11.8 Å². The average Bonchev–Trinajstić information content (AvgIpc) is 3.50.